The van der Waals surface area contributed by atoms with E-state index >= 15 is 0 Å². The standard InChI is InChI=1S/C14H15NO4/c1-3-12(13(16)18-4-2)14(17)19-11-7-5-6-10(8-11)9-15/h5-8,12H,3-4H2,1-2H3. The van der Waals surface area contributed by atoms with Crippen LogP contribution in [0.4, 0.5) is 0 Å². The Morgan fingerprint density at radius 3 is 2.63 bits per heavy atom. The number of rotatable bonds is 5. The minimum Gasteiger partial charge on any atom is -0.465 e. The second-order valence-electron chi connectivity index (χ2n) is 3.77. The second-order valence-corrected chi connectivity index (χ2v) is 3.77. The number of hydrogen-bond donors (Lipinski definition) is 0. The maximum absolute atomic E-state index is 11.9. The molecule has 5 heteroatoms. The summed E-state index contributed by atoms with van der Waals surface area (Å²) in [6.07, 6.45) is 0.301. The second kappa shape index (κ2) is 7.17. The fourth-order valence-electron chi connectivity index (χ4n) is 1.49. The van der Waals surface area contributed by atoms with Gasteiger partial charge in [0, 0.05) is 0 Å². The van der Waals surface area contributed by atoms with Gasteiger partial charge in [-0.05, 0) is 31.5 Å². The zero-order valence-corrected chi connectivity index (χ0v) is 10.9. The van der Waals surface area contributed by atoms with Crippen LogP contribution in [0.1, 0.15) is 25.8 Å². The molecule has 0 heterocycles. The molecule has 5 nitrogen and oxygen atoms in total. The Labute approximate surface area is 111 Å². The van der Waals surface area contributed by atoms with Gasteiger partial charge < -0.3 is 9.47 Å². The van der Waals surface area contributed by atoms with Crippen LogP contribution in [0.5, 0.6) is 5.75 Å². The highest BCUT2D eigenvalue weighted by atomic mass is 16.6. The summed E-state index contributed by atoms with van der Waals surface area (Å²) in [6, 6.07) is 8.14. The van der Waals surface area contributed by atoms with E-state index in [4.69, 9.17) is 14.7 Å². The molecule has 0 saturated heterocycles. The summed E-state index contributed by atoms with van der Waals surface area (Å²) in [7, 11) is 0. The molecule has 0 amide bonds. The molecule has 100 valence electrons. The quantitative estimate of drug-likeness (QED) is 0.460. The average Bonchev–Trinajstić information content (AvgIpc) is 2.40. The van der Waals surface area contributed by atoms with Gasteiger partial charge in [-0.2, -0.15) is 5.26 Å². The van der Waals surface area contributed by atoms with E-state index in [-0.39, 0.29) is 12.4 Å². The van der Waals surface area contributed by atoms with E-state index in [0.29, 0.717) is 12.0 Å². The van der Waals surface area contributed by atoms with Gasteiger partial charge in [-0.3, -0.25) is 9.59 Å². The van der Waals surface area contributed by atoms with Crippen LogP contribution in [0.2, 0.25) is 0 Å². The zero-order chi connectivity index (χ0) is 14.3. The van der Waals surface area contributed by atoms with Crippen molar-refractivity contribution in [3.8, 4) is 11.8 Å². The normalized spacial score (nSPS) is 11.2. The number of nitriles is 1. The van der Waals surface area contributed by atoms with Crippen LogP contribution in [0.25, 0.3) is 0 Å². The van der Waals surface area contributed by atoms with Gasteiger partial charge in [0.2, 0.25) is 0 Å². The third-order valence-electron chi connectivity index (χ3n) is 2.45. The van der Waals surface area contributed by atoms with Crippen LogP contribution < -0.4 is 4.74 Å². The first kappa shape index (κ1) is 14.7. The van der Waals surface area contributed by atoms with Crippen molar-refractivity contribution in [3.05, 3.63) is 29.8 Å². The van der Waals surface area contributed by atoms with Crippen LogP contribution in [0.3, 0.4) is 0 Å². The van der Waals surface area contributed by atoms with Crippen molar-refractivity contribution in [1.29, 1.82) is 5.26 Å². The van der Waals surface area contributed by atoms with Crippen molar-refractivity contribution in [2.75, 3.05) is 6.61 Å². The smallest absolute Gasteiger partial charge is 0.325 e. The minimum absolute atomic E-state index is 0.215. The lowest BCUT2D eigenvalue weighted by atomic mass is 10.1. The molecular formula is C14H15NO4. The Morgan fingerprint density at radius 1 is 1.32 bits per heavy atom. The number of carbonyl (C=O) groups excluding carboxylic acids is 2. The van der Waals surface area contributed by atoms with Crippen molar-refractivity contribution in [1.82, 2.24) is 0 Å². The summed E-state index contributed by atoms with van der Waals surface area (Å²) >= 11 is 0. The monoisotopic (exact) mass is 261 g/mol. The summed E-state index contributed by atoms with van der Waals surface area (Å²) < 4.78 is 9.89. The first-order valence-corrected chi connectivity index (χ1v) is 6.00. The number of benzene rings is 1. The molecule has 0 bridgehead atoms. The van der Waals surface area contributed by atoms with Gasteiger partial charge in [-0.25, -0.2) is 0 Å². The lowest BCUT2D eigenvalue weighted by Crippen LogP contribution is -2.29. The van der Waals surface area contributed by atoms with Crippen LogP contribution in [0.15, 0.2) is 24.3 Å². The average molecular weight is 261 g/mol. The maximum Gasteiger partial charge on any atom is 0.325 e. The minimum atomic E-state index is -0.939. The number of ether oxygens (including phenoxy) is 2. The first-order chi connectivity index (χ1) is 9.12. The lowest BCUT2D eigenvalue weighted by Gasteiger charge is -2.12. The van der Waals surface area contributed by atoms with Gasteiger partial charge >= 0.3 is 11.9 Å². The predicted molar refractivity (Wildman–Crippen MR) is 67.2 cm³/mol. The fraction of sp³-hybridized carbons (Fsp3) is 0.357. The predicted octanol–water partition coefficient (Wildman–Crippen LogP) is 2.05. The van der Waals surface area contributed by atoms with Crippen molar-refractivity contribution in [2.45, 2.75) is 20.3 Å². The van der Waals surface area contributed by atoms with Crippen molar-refractivity contribution >= 4 is 11.9 Å². The molecule has 0 aromatic heterocycles. The van der Waals surface area contributed by atoms with Crippen LogP contribution in [-0.4, -0.2) is 18.5 Å². The van der Waals surface area contributed by atoms with E-state index < -0.39 is 17.9 Å². The fourth-order valence-corrected chi connectivity index (χ4v) is 1.49. The summed E-state index contributed by atoms with van der Waals surface area (Å²) in [5.41, 5.74) is 0.384. The highest BCUT2D eigenvalue weighted by Crippen LogP contribution is 2.16. The molecule has 0 fully saturated rings. The summed E-state index contributed by atoms with van der Waals surface area (Å²) in [5, 5.41) is 8.75. The molecule has 0 spiro atoms. The molecule has 1 unspecified atom stereocenters. The number of esters is 2. The van der Waals surface area contributed by atoms with Gasteiger partial charge in [0.1, 0.15) is 5.75 Å². The summed E-state index contributed by atoms with van der Waals surface area (Å²) in [6.45, 7) is 3.59. The number of carbonyl (C=O) groups is 2. The zero-order valence-electron chi connectivity index (χ0n) is 10.9. The van der Waals surface area contributed by atoms with Gasteiger partial charge in [-0.15, -0.1) is 0 Å². The van der Waals surface area contributed by atoms with Crippen LogP contribution >= 0.6 is 0 Å². The molecular weight excluding hydrogens is 246 g/mol. The first-order valence-electron chi connectivity index (χ1n) is 6.00. The molecule has 1 aromatic carbocycles. The molecule has 1 aromatic rings. The third kappa shape index (κ3) is 4.11. The van der Waals surface area contributed by atoms with Gasteiger partial charge in [0.15, 0.2) is 5.92 Å². The van der Waals surface area contributed by atoms with Gasteiger partial charge in [0.05, 0.1) is 18.2 Å². The van der Waals surface area contributed by atoms with E-state index in [9.17, 15) is 9.59 Å². The van der Waals surface area contributed by atoms with E-state index in [0.717, 1.165) is 0 Å². The number of hydrogen-bond acceptors (Lipinski definition) is 5. The van der Waals surface area contributed by atoms with Crippen molar-refractivity contribution in [2.24, 2.45) is 5.92 Å². The Morgan fingerprint density at radius 2 is 2.05 bits per heavy atom. The molecule has 19 heavy (non-hydrogen) atoms. The molecule has 0 aliphatic carbocycles. The highest BCUT2D eigenvalue weighted by molar-refractivity contribution is 5.95. The molecule has 0 aliphatic heterocycles. The van der Waals surface area contributed by atoms with Crippen LogP contribution in [0, 0.1) is 17.2 Å². The SMILES string of the molecule is CCOC(=O)C(CC)C(=O)Oc1cccc(C#N)c1. The molecule has 1 rings (SSSR count). The summed E-state index contributed by atoms with van der Waals surface area (Å²) in [4.78, 5) is 23.4. The van der Waals surface area contributed by atoms with Gasteiger partial charge in [-0.1, -0.05) is 13.0 Å². The van der Waals surface area contributed by atoms with E-state index in [1.807, 2.05) is 6.07 Å². The molecule has 0 saturated carbocycles. The maximum atomic E-state index is 11.9. The Balaban J connectivity index is 2.77. The van der Waals surface area contributed by atoms with Gasteiger partial charge in [0.25, 0.3) is 0 Å². The van der Waals surface area contributed by atoms with E-state index in [2.05, 4.69) is 0 Å². The third-order valence-corrected chi connectivity index (χ3v) is 2.45. The van der Waals surface area contributed by atoms with Crippen molar-refractivity contribution in [3.63, 3.8) is 0 Å². The molecule has 0 aliphatic rings. The topological polar surface area (TPSA) is 76.4 Å². The highest BCUT2D eigenvalue weighted by Gasteiger charge is 2.28. The molecule has 1 atom stereocenters. The number of nitrogens with zero attached hydrogens (tertiary/aromatic N) is 1. The summed E-state index contributed by atoms with van der Waals surface area (Å²) in [5.74, 6) is -1.96. The lowest BCUT2D eigenvalue weighted by molar-refractivity contribution is -0.157. The Bertz CT molecular complexity index is 504. The largest absolute Gasteiger partial charge is 0.465 e. The molecule has 0 N–H and O–H groups in total. The Hall–Kier alpha value is -2.35. The van der Waals surface area contributed by atoms with Crippen molar-refractivity contribution < 1.29 is 19.1 Å². The Kier molecular flexibility index (Phi) is 5.55. The van der Waals surface area contributed by atoms with E-state index in [1.165, 1.54) is 6.07 Å². The molecule has 0 radical (unpaired) electrons. The van der Waals surface area contributed by atoms with E-state index in [1.54, 1.807) is 32.0 Å². The van der Waals surface area contributed by atoms with Crippen LogP contribution in [-0.2, 0) is 14.3 Å².